The molecule has 0 atom stereocenters. The van der Waals surface area contributed by atoms with Crippen LogP contribution >= 0.6 is 0 Å². The van der Waals surface area contributed by atoms with Gasteiger partial charge in [-0.05, 0) is 50.6 Å². The molecule has 1 heterocycles. The van der Waals surface area contributed by atoms with E-state index in [1.165, 1.54) is 20.2 Å². The maximum absolute atomic E-state index is 12.5. The van der Waals surface area contributed by atoms with E-state index >= 15 is 0 Å². The number of benzene rings is 1. The van der Waals surface area contributed by atoms with Gasteiger partial charge < -0.3 is 9.84 Å². The summed E-state index contributed by atoms with van der Waals surface area (Å²) in [5.41, 5.74) is 1.14. The average Bonchev–Trinajstić information content (AvgIpc) is 3.12. The number of carbonyl (C=O) groups excluding carboxylic acids is 1. The highest BCUT2D eigenvalue weighted by Crippen LogP contribution is 2.23. The second-order valence-corrected chi connectivity index (χ2v) is 9.30. The molecule has 0 bridgehead atoms. The molecule has 0 unspecified atom stereocenters. The lowest BCUT2D eigenvalue weighted by Crippen LogP contribution is -2.24. The van der Waals surface area contributed by atoms with Crippen LogP contribution in [0.3, 0.4) is 0 Å². The number of rotatable bonds is 10. The van der Waals surface area contributed by atoms with E-state index in [2.05, 4.69) is 29.2 Å². The smallest absolute Gasteiger partial charge is 0.277 e. The van der Waals surface area contributed by atoms with Crippen LogP contribution in [0.5, 0.6) is 0 Å². The highest BCUT2D eigenvalue weighted by molar-refractivity contribution is 7.89. The van der Waals surface area contributed by atoms with Crippen molar-refractivity contribution in [2.24, 2.45) is 0 Å². The monoisotopic (exact) mass is 422 g/mol. The summed E-state index contributed by atoms with van der Waals surface area (Å²) in [4.78, 5) is 14.9. The SMILES string of the molecule is CCCN(CCC)Cc1cc(C(=O)Nc2ccc(C)c(S(=O)(=O)N(C)C)c2)no1. The average molecular weight is 423 g/mol. The summed E-state index contributed by atoms with van der Waals surface area (Å²) >= 11 is 0. The van der Waals surface area contributed by atoms with E-state index in [1.54, 1.807) is 25.1 Å². The summed E-state index contributed by atoms with van der Waals surface area (Å²) in [5.74, 6) is 0.173. The van der Waals surface area contributed by atoms with E-state index in [1.807, 2.05) is 0 Å². The third kappa shape index (κ3) is 5.88. The Balaban J connectivity index is 2.14. The van der Waals surface area contributed by atoms with Crippen molar-refractivity contribution in [2.75, 3.05) is 32.5 Å². The normalized spacial score (nSPS) is 12.0. The van der Waals surface area contributed by atoms with Gasteiger partial charge in [0.1, 0.15) is 0 Å². The maximum Gasteiger partial charge on any atom is 0.277 e. The first-order valence-corrected chi connectivity index (χ1v) is 11.2. The standard InChI is InChI=1S/C20H30N4O4S/c1-6-10-24(11-7-2)14-17-13-18(22-28-17)20(25)21-16-9-8-15(3)19(12-16)29(26,27)23(4)5/h8-9,12-13H,6-7,10-11,14H2,1-5H3,(H,21,25). The highest BCUT2D eigenvalue weighted by Gasteiger charge is 2.21. The van der Waals surface area contributed by atoms with E-state index in [0.717, 1.165) is 30.2 Å². The minimum absolute atomic E-state index is 0.149. The summed E-state index contributed by atoms with van der Waals surface area (Å²) in [6, 6.07) is 6.40. The van der Waals surface area contributed by atoms with Crippen molar-refractivity contribution in [3.8, 4) is 0 Å². The van der Waals surface area contributed by atoms with Crippen LogP contribution in [-0.2, 0) is 16.6 Å². The quantitative estimate of drug-likeness (QED) is 0.632. The second-order valence-electron chi connectivity index (χ2n) is 7.18. The fraction of sp³-hybridized carbons (Fsp3) is 0.500. The van der Waals surface area contributed by atoms with Crippen molar-refractivity contribution in [3.05, 3.63) is 41.3 Å². The first-order chi connectivity index (χ1) is 13.7. The van der Waals surface area contributed by atoms with Gasteiger partial charge in [-0.2, -0.15) is 0 Å². The molecule has 0 aliphatic heterocycles. The largest absolute Gasteiger partial charge is 0.359 e. The molecule has 1 aromatic carbocycles. The maximum atomic E-state index is 12.5. The molecule has 2 rings (SSSR count). The second kappa shape index (κ2) is 10.00. The Morgan fingerprint density at radius 1 is 1.14 bits per heavy atom. The number of anilines is 1. The zero-order chi connectivity index (χ0) is 21.6. The van der Waals surface area contributed by atoms with Gasteiger partial charge in [-0.3, -0.25) is 9.69 Å². The first kappa shape index (κ1) is 23.1. The number of nitrogens with zero attached hydrogens (tertiary/aromatic N) is 3. The minimum Gasteiger partial charge on any atom is -0.359 e. The predicted octanol–water partition coefficient (Wildman–Crippen LogP) is 3.11. The molecule has 1 amide bonds. The lowest BCUT2D eigenvalue weighted by atomic mass is 10.2. The van der Waals surface area contributed by atoms with Gasteiger partial charge >= 0.3 is 0 Å². The lowest BCUT2D eigenvalue weighted by Gasteiger charge is -2.18. The molecule has 2 aromatic rings. The summed E-state index contributed by atoms with van der Waals surface area (Å²) in [5, 5.41) is 6.56. The Hall–Kier alpha value is -2.23. The zero-order valence-corrected chi connectivity index (χ0v) is 18.5. The van der Waals surface area contributed by atoms with Crippen molar-refractivity contribution in [1.29, 1.82) is 0 Å². The number of hydrogen-bond donors (Lipinski definition) is 1. The van der Waals surface area contributed by atoms with Crippen LogP contribution in [0.15, 0.2) is 33.7 Å². The van der Waals surface area contributed by atoms with E-state index in [4.69, 9.17) is 4.52 Å². The topological polar surface area (TPSA) is 95.8 Å². The van der Waals surface area contributed by atoms with Crippen LogP contribution in [0.4, 0.5) is 5.69 Å². The van der Waals surface area contributed by atoms with E-state index < -0.39 is 15.9 Å². The molecule has 1 N–H and O–H groups in total. The van der Waals surface area contributed by atoms with Crippen molar-refractivity contribution in [2.45, 2.75) is 45.1 Å². The van der Waals surface area contributed by atoms with Gasteiger partial charge in [0.15, 0.2) is 11.5 Å². The van der Waals surface area contributed by atoms with Crippen LogP contribution in [-0.4, -0.2) is 55.9 Å². The summed E-state index contributed by atoms with van der Waals surface area (Å²) in [7, 11) is -0.669. The highest BCUT2D eigenvalue weighted by atomic mass is 32.2. The fourth-order valence-electron chi connectivity index (χ4n) is 2.96. The molecule has 9 heteroatoms. The van der Waals surface area contributed by atoms with Gasteiger partial charge in [0.25, 0.3) is 5.91 Å². The van der Waals surface area contributed by atoms with Crippen molar-refractivity contribution < 1.29 is 17.7 Å². The summed E-state index contributed by atoms with van der Waals surface area (Å²) in [6.45, 7) is 8.44. The third-order valence-corrected chi connectivity index (χ3v) is 6.41. The number of aromatic nitrogens is 1. The van der Waals surface area contributed by atoms with E-state index in [-0.39, 0.29) is 10.6 Å². The third-order valence-electron chi connectivity index (χ3n) is 4.46. The van der Waals surface area contributed by atoms with Crippen LogP contribution in [0.1, 0.15) is 48.5 Å². The Morgan fingerprint density at radius 2 is 1.79 bits per heavy atom. The van der Waals surface area contributed by atoms with Crippen LogP contribution < -0.4 is 5.32 Å². The number of aryl methyl sites for hydroxylation is 1. The molecule has 8 nitrogen and oxygen atoms in total. The zero-order valence-electron chi connectivity index (χ0n) is 17.7. The summed E-state index contributed by atoms with van der Waals surface area (Å²) in [6.07, 6.45) is 2.07. The van der Waals surface area contributed by atoms with Gasteiger partial charge in [-0.25, -0.2) is 12.7 Å². The first-order valence-electron chi connectivity index (χ1n) is 9.71. The molecule has 0 saturated carbocycles. The molecule has 160 valence electrons. The molecule has 0 aliphatic carbocycles. The van der Waals surface area contributed by atoms with E-state index in [9.17, 15) is 13.2 Å². The van der Waals surface area contributed by atoms with Crippen LogP contribution in [0.2, 0.25) is 0 Å². The van der Waals surface area contributed by atoms with Crippen molar-refractivity contribution in [1.82, 2.24) is 14.4 Å². The van der Waals surface area contributed by atoms with Crippen LogP contribution in [0.25, 0.3) is 0 Å². The van der Waals surface area contributed by atoms with Gasteiger partial charge in [0.2, 0.25) is 10.0 Å². The van der Waals surface area contributed by atoms with Gasteiger partial charge in [0.05, 0.1) is 11.4 Å². The Kier molecular flexibility index (Phi) is 7.95. The molecule has 1 aromatic heterocycles. The molecule has 0 spiro atoms. The van der Waals surface area contributed by atoms with Gasteiger partial charge in [-0.1, -0.05) is 25.1 Å². The molecule has 0 aliphatic rings. The van der Waals surface area contributed by atoms with Gasteiger partial charge in [-0.15, -0.1) is 0 Å². The Morgan fingerprint density at radius 3 is 2.38 bits per heavy atom. The molecule has 0 fully saturated rings. The molecular weight excluding hydrogens is 392 g/mol. The molecule has 0 radical (unpaired) electrons. The molecule has 0 saturated heterocycles. The molecular formula is C20H30N4O4S. The van der Waals surface area contributed by atoms with Crippen molar-refractivity contribution in [3.63, 3.8) is 0 Å². The number of amides is 1. The number of sulfonamides is 1. The lowest BCUT2D eigenvalue weighted by molar-refractivity contribution is 0.101. The van der Waals surface area contributed by atoms with Crippen molar-refractivity contribution >= 4 is 21.6 Å². The Bertz CT molecular complexity index is 932. The van der Waals surface area contributed by atoms with Gasteiger partial charge in [0, 0.05) is 25.8 Å². The van der Waals surface area contributed by atoms with Crippen LogP contribution in [0, 0.1) is 6.92 Å². The summed E-state index contributed by atoms with van der Waals surface area (Å²) < 4.78 is 31.4. The number of nitrogens with one attached hydrogen (secondary N) is 1. The predicted molar refractivity (Wildman–Crippen MR) is 112 cm³/mol. The minimum atomic E-state index is -3.61. The number of carbonyl (C=O) groups is 1. The molecule has 29 heavy (non-hydrogen) atoms. The fourth-order valence-corrected chi connectivity index (χ4v) is 4.11. The Labute approximate surface area is 172 Å². The van der Waals surface area contributed by atoms with E-state index in [0.29, 0.717) is 23.6 Å². The number of hydrogen-bond acceptors (Lipinski definition) is 6.